The predicted molar refractivity (Wildman–Crippen MR) is 101 cm³/mol. The quantitative estimate of drug-likeness (QED) is 0.762. The van der Waals surface area contributed by atoms with Crippen LogP contribution in [-0.2, 0) is 11.4 Å². The number of nitrogens with one attached hydrogen (secondary N) is 1. The summed E-state index contributed by atoms with van der Waals surface area (Å²) in [5.74, 6) is 0. The van der Waals surface area contributed by atoms with Gasteiger partial charge in [0, 0.05) is 55.9 Å². The second-order valence-electron chi connectivity index (χ2n) is 6.08. The molecule has 8 heteroatoms. The number of anilines is 1. The molecule has 4 rings (SSSR count). The van der Waals surface area contributed by atoms with Crippen molar-refractivity contribution in [2.24, 2.45) is 0 Å². The van der Waals surface area contributed by atoms with E-state index in [0.717, 1.165) is 30.5 Å². The van der Waals surface area contributed by atoms with Gasteiger partial charge in [-0.25, -0.2) is 9.78 Å². The summed E-state index contributed by atoms with van der Waals surface area (Å²) in [6.07, 6.45) is 3.08. The van der Waals surface area contributed by atoms with Crippen LogP contribution in [0.4, 0.5) is 9.93 Å². The van der Waals surface area contributed by atoms with Crippen molar-refractivity contribution >= 4 is 33.5 Å². The molecule has 7 nitrogen and oxygen atoms in total. The molecule has 1 aliphatic heterocycles. The SMILES string of the molecule is O=C(Nc1nccs1)ON1CCN(Cc2cnc3ccccc3c2)CC1. The van der Waals surface area contributed by atoms with Crippen molar-refractivity contribution in [3.8, 4) is 0 Å². The second-order valence-corrected chi connectivity index (χ2v) is 6.98. The number of amides is 1. The number of fused-ring (bicyclic) bond motifs is 1. The number of rotatable bonds is 4. The molecule has 1 N–H and O–H groups in total. The van der Waals surface area contributed by atoms with E-state index >= 15 is 0 Å². The molecule has 0 radical (unpaired) electrons. The highest BCUT2D eigenvalue weighted by Crippen LogP contribution is 2.15. The number of benzene rings is 1. The van der Waals surface area contributed by atoms with E-state index < -0.39 is 6.09 Å². The third kappa shape index (κ3) is 4.16. The summed E-state index contributed by atoms with van der Waals surface area (Å²) in [6.45, 7) is 3.85. The molecular weight excluding hydrogens is 350 g/mol. The fourth-order valence-corrected chi connectivity index (χ4v) is 3.47. The van der Waals surface area contributed by atoms with Crippen LogP contribution in [0.15, 0.2) is 48.1 Å². The molecule has 3 heterocycles. The van der Waals surface area contributed by atoms with Crippen molar-refractivity contribution < 1.29 is 9.63 Å². The van der Waals surface area contributed by atoms with Gasteiger partial charge in [-0.2, -0.15) is 0 Å². The Kier molecular flexibility index (Phi) is 5.05. The number of hydrogen-bond donors (Lipinski definition) is 1. The topological polar surface area (TPSA) is 70.6 Å². The predicted octanol–water partition coefficient (Wildman–Crippen LogP) is 2.97. The number of nitrogens with zero attached hydrogens (tertiary/aromatic N) is 4. The third-order valence-electron chi connectivity index (χ3n) is 4.24. The molecular formula is C18H19N5O2S. The smallest absolute Gasteiger partial charge is 0.351 e. The summed E-state index contributed by atoms with van der Waals surface area (Å²) in [4.78, 5) is 28.0. The normalized spacial score (nSPS) is 15.8. The largest absolute Gasteiger partial charge is 0.432 e. The standard InChI is InChI=1S/C18H19N5O2S/c24-18(21-17-19-5-10-26-17)25-23-8-6-22(7-9-23)13-14-11-15-3-1-2-4-16(15)20-12-14/h1-5,10-12H,6-9,13H2,(H,19,21,24). The van der Waals surface area contributed by atoms with Crippen molar-refractivity contribution in [2.45, 2.75) is 6.54 Å². The maximum atomic E-state index is 11.8. The minimum absolute atomic E-state index is 0.493. The van der Waals surface area contributed by atoms with Gasteiger partial charge >= 0.3 is 6.09 Å². The third-order valence-corrected chi connectivity index (χ3v) is 4.93. The van der Waals surface area contributed by atoms with Gasteiger partial charge in [0.25, 0.3) is 0 Å². The van der Waals surface area contributed by atoms with Crippen molar-refractivity contribution in [1.82, 2.24) is 19.9 Å². The van der Waals surface area contributed by atoms with Crippen molar-refractivity contribution in [3.05, 3.63) is 53.7 Å². The zero-order valence-corrected chi connectivity index (χ0v) is 15.0. The number of hydrogen-bond acceptors (Lipinski definition) is 7. The Hall–Kier alpha value is -2.55. The van der Waals surface area contributed by atoms with Crippen LogP contribution in [0.2, 0.25) is 0 Å². The number of pyridine rings is 1. The molecule has 1 aromatic carbocycles. The maximum Gasteiger partial charge on any atom is 0.432 e. The van der Waals surface area contributed by atoms with Gasteiger partial charge in [-0.15, -0.1) is 16.4 Å². The number of carbonyl (C=O) groups excluding carboxylic acids is 1. The number of aromatic nitrogens is 2. The number of carbonyl (C=O) groups is 1. The van der Waals surface area contributed by atoms with Gasteiger partial charge in [-0.3, -0.25) is 15.2 Å². The van der Waals surface area contributed by atoms with Gasteiger partial charge in [0.05, 0.1) is 5.52 Å². The second kappa shape index (κ2) is 7.77. The van der Waals surface area contributed by atoms with Gasteiger partial charge in [-0.05, 0) is 17.7 Å². The summed E-state index contributed by atoms with van der Waals surface area (Å²) in [5.41, 5.74) is 2.21. The van der Waals surface area contributed by atoms with Gasteiger partial charge < -0.3 is 4.84 Å². The Labute approximate surface area is 155 Å². The summed E-state index contributed by atoms with van der Waals surface area (Å²) in [7, 11) is 0. The summed E-state index contributed by atoms with van der Waals surface area (Å²) < 4.78 is 0. The zero-order chi connectivity index (χ0) is 17.8. The highest BCUT2D eigenvalue weighted by Gasteiger charge is 2.20. The highest BCUT2D eigenvalue weighted by atomic mass is 32.1. The molecule has 1 amide bonds. The fraction of sp³-hybridized carbons (Fsp3) is 0.278. The molecule has 0 unspecified atom stereocenters. The fourth-order valence-electron chi connectivity index (χ4n) is 2.95. The molecule has 3 aromatic rings. The van der Waals surface area contributed by atoms with E-state index in [2.05, 4.69) is 32.3 Å². The molecule has 0 saturated carbocycles. The van der Waals surface area contributed by atoms with Crippen molar-refractivity contribution in [1.29, 1.82) is 0 Å². The minimum Gasteiger partial charge on any atom is -0.351 e. The highest BCUT2D eigenvalue weighted by molar-refractivity contribution is 7.13. The first-order valence-corrected chi connectivity index (χ1v) is 9.34. The van der Waals surface area contributed by atoms with E-state index in [0.29, 0.717) is 18.2 Å². The lowest BCUT2D eigenvalue weighted by Crippen LogP contribution is -2.46. The van der Waals surface area contributed by atoms with E-state index in [9.17, 15) is 4.79 Å². The summed E-state index contributed by atoms with van der Waals surface area (Å²) in [6, 6.07) is 10.3. The van der Waals surface area contributed by atoms with Crippen LogP contribution in [0, 0.1) is 0 Å². The molecule has 2 aromatic heterocycles. The Morgan fingerprint density at radius 1 is 1.19 bits per heavy atom. The Balaban J connectivity index is 1.27. The number of thiazole rings is 1. The Morgan fingerprint density at radius 3 is 2.85 bits per heavy atom. The molecule has 1 aliphatic rings. The van der Waals surface area contributed by atoms with E-state index in [4.69, 9.17) is 4.84 Å². The first-order valence-electron chi connectivity index (χ1n) is 8.46. The molecule has 0 spiro atoms. The zero-order valence-electron chi connectivity index (χ0n) is 14.2. The molecule has 0 bridgehead atoms. The van der Waals surface area contributed by atoms with Gasteiger partial charge in [-0.1, -0.05) is 18.2 Å². The summed E-state index contributed by atoms with van der Waals surface area (Å²) >= 11 is 1.36. The van der Waals surface area contributed by atoms with Crippen LogP contribution in [0.5, 0.6) is 0 Å². The van der Waals surface area contributed by atoms with E-state index in [1.807, 2.05) is 24.4 Å². The van der Waals surface area contributed by atoms with Crippen molar-refractivity contribution in [2.75, 3.05) is 31.5 Å². The average molecular weight is 369 g/mol. The number of hydroxylamine groups is 2. The number of para-hydroxylation sites is 1. The van der Waals surface area contributed by atoms with Crippen LogP contribution in [0.1, 0.15) is 5.56 Å². The maximum absolute atomic E-state index is 11.8. The van der Waals surface area contributed by atoms with Crippen molar-refractivity contribution in [3.63, 3.8) is 0 Å². The lowest BCUT2D eigenvalue weighted by Gasteiger charge is -2.33. The molecule has 1 fully saturated rings. The Morgan fingerprint density at radius 2 is 2.04 bits per heavy atom. The van der Waals surface area contributed by atoms with Crippen LogP contribution >= 0.6 is 11.3 Å². The monoisotopic (exact) mass is 369 g/mol. The molecule has 26 heavy (non-hydrogen) atoms. The minimum atomic E-state index is -0.493. The van der Waals surface area contributed by atoms with E-state index in [1.54, 1.807) is 16.6 Å². The molecule has 134 valence electrons. The van der Waals surface area contributed by atoms with Gasteiger partial charge in [0.1, 0.15) is 0 Å². The lowest BCUT2D eigenvalue weighted by molar-refractivity contribution is -0.119. The first kappa shape index (κ1) is 16.9. The number of piperazine rings is 1. The van der Waals surface area contributed by atoms with E-state index in [1.165, 1.54) is 16.9 Å². The lowest BCUT2D eigenvalue weighted by atomic mass is 10.1. The molecule has 0 aliphatic carbocycles. The summed E-state index contributed by atoms with van der Waals surface area (Å²) in [5, 5.41) is 7.81. The van der Waals surface area contributed by atoms with Gasteiger partial charge in [0.15, 0.2) is 5.13 Å². The molecule has 0 atom stereocenters. The van der Waals surface area contributed by atoms with Crippen LogP contribution in [0.3, 0.4) is 0 Å². The van der Waals surface area contributed by atoms with Gasteiger partial charge in [0.2, 0.25) is 0 Å². The first-order chi connectivity index (χ1) is 12.8. The van der Waals surface area contributed by atoms with Crippen LogP contribution < -0.4 is 5.32 Å². The average Bonchev–Trinajstić information content (AvgIpc) is 3.16. The van der Waals surface area contributed by atoms with E-state index in [-0.39, 0.29) is 0 Å². The Bertz CT molecular complexity index is 878. The van der Waals surface area contributed by atoms with Crippen LogP contribution in [0.25, 0.3) is 10.9 Å². The van der Waals surface area contributed by atoms with Crippen LogP contribution in [-0.4, -0.2) is 52.2 Å². The molecule has 1 saturated heterocycles.